The zero-order chi connectivity index (χ0) is 28.4. The van der Waals surface area contributed by atoms with Gasteiger partial charge in [-0.15, -0.1) is 0 Å². The molecule has 0 bridgehead atoms. The summed E-state index contributed by atoms with van der Waals surface area (Å²) < 4.78 is 75.7. The molecule has 0 saturated heterocycles. The predicted octanol–water partition coefficient (Wildman–Crippen LogP) is 10.1. The summed E-state index contributed by atoms with van der Waals surface area (Å²) in [6, 6.07) is 15.6. The molecule has 0 amide bonds. The van der Waals surface area contributed by atoms with Gasteiger partial charge in [-0.05, 0) is 89.6 Å². The Labute approximate surface area is 232 Å². The minimum atomic E-state index is -1.24. The van der Waals surface area contributed by atoms with E-state index in [0.29, 0.717) is 29.5 Å². The van der Waals surface area contributed by atoms with Gasteiger partial charge < -0.3 is 0 Å². The first-order valence-corrected chi connectivity index (χ1v) is 14.2. The van der Waals surface area contributed by atoms with E-state index in [2.05, 4.69) is 19.1 Å². The van der Waals surface area contributed by atoms with Crippen molar-refractivity contribution in [2.75, 3.05) is 0 Å². The normalized spacial score (nSPS) is 12.1. The van der Waals surface area contributed by atoms with Gasteiger partial charge in [0, 0.05) is 16.7 Å². The van der Waals surface area contributed by atoms with Crippen LogP contribution in [0.25, 0.3) is 22.3 Å². The van der Waals surface area contributed by atoms with E-state index in [1.807, 2.05) is 19.1 Å². The smallest absolute Gasteiger partial charge is 0.167 e. The van der Waals surface area contributed by atoms with Gasteiger partial charge in [0.2, 0.25) is 0 Å². The van der Waals surface area contributed by atoms with Crippen LogP contribution in [0.2, 0.25) is 0 Å². The standard InChI is InChI=1S/C35H33F5/c1-3-5-6-8-21-9-11-22(12-10-21)13-14-25-17-26-18-27-19-28(24-16-15-23(7-4-2)29(36)20-24)33(38)35(40)31(27)30(26)34(39)32(25)37/h9-12,15-17,19-20H,3-8,13-14,18H2,1-2H3. The van der Waals surface area contributed by atoms with E-state index in [9.17, 15) is 4.39 Å². The summed E-state index contributed by atoms with van der Waals surface area (Å²) in [6.45, 7) is 4.10. The average molecular weight is 549 g/mol. The first-order valence-electron chi connectivity index (χ1n) is 14.2. The van der Waals surface area contributed by atoms with Crippen molar-refractivity contribution in [2.45, 2.75) is 71.6 Å². The highest BCUT2D eigenvalue weighted by Gasteiger charge is 2.32. The van der Waals surface area contributed by atoms with Crippen molar-refractivity contribution in [2.24, 2.45) is 0 Å². The van der Waals surface area contributed by atoms with E-state index < -0.39 is 29.1 Å². The Morgan fingerprint density at radius 3 is 1.85 bits per heavy atom. The molecule has 40 heavy (non-hydrogen) atoms. The van der Waals surface area contributed by atoms with Gasteiger partial charge in [0.1, 0.15) is 5.82 Å². The van der Waals surface area contributed by atoms with Gasteiger partial charge in [-0.1, -0.05) is 75.6 Å². The molecule has 1 aliphatic carbocycles. The first-order chi connectivity index (χ1) is 19.3. The van der Waals surface area contributed by atoms with Gasteiger partial charge in [0.25, 0.3) is 0 Å². The maximum Gasteiger partial charge on any atom is 0.167 e. The number of benzene rings is 4. The van der Waals surface area contributed by atoms with Crippen LogP contribution in [0.4, 0.5) is 22.0 Å². The highest BCUT2D eigenvalue weighted by atomic mass is 19.2. The minimum Gasteiger partial charge on any atom is -0.207 e. The molecule has 0 saturated carbocycles. The maximum atomic E-state index is 15.4. The van der Waals surface area contributed by atoms with Crippen LogP contribution in [0.5, 0.6) is 0 Å². The minimum absolute atomic E-state index is 0.0924. The molecule has 5 rings (SSSR count). The summed E-state index contributed by atoms with van der Waals surface area (Å²) in [7, 11) is 0. The Morgan fingerprint density at radius 2 is 1.20 bits per heavy atom. The molecule has 208 valence electrons. The number of aryl methyl sites for hydroxylation is 4. The van der Waals surface area contributed by atoms with Gasteiger partial charge in [-0.25, -0.2) is 22.0 Å². The predicted molar refractivity (Wildman–Crippen MR) is 151 cm³/mol. The Kier molecular flexibility index (Phi) is 8.39. The van der Waals surface area contributed by atoms with E-state index in [1.165, 1.54) is 30.5 Å². The molecule has 0 heterocycles. The lowest BCUT2D eigenvalue weighted by Gasteiger charge is -2.12. The second-order valence-corrected chi connectivity index (χ2v) is 10.8. The molecule has 4 aromatic carbocycles. The lowest BCUT2D eigenvalue weighted by atomic mass is 9.95. The second-order valence-electron chi connectivity index (χ2n) is 10.8. The topological polar surface area (TPSA) is 0 Å². The Morgan fingerprint density at radius 1 is 0.550 bits per heavy atom. The lowest BCUT2D eigenvalue weighted by Crippen LogP contribution is -2.02. The summed E-state index contributed by atoms with van der Waals surface area (Å²) >= 11 is 0. The van der Waals surface area contributed by atoms with E-state index in [-0.39, 0.29) is 40.7 Å². The van der Waals surface area contributed by atoms with E-state index in [1.54, 1.807) is 18.2 Å². The highest BCUT2D eigenvalue weighted by Crippen LogP contribution is 2.45. The second kappa shape index (κ2) is 12.0. The van der Waals surface area contributed by atoms with Gasteiger partial charge >= 0.3 is 0 Å². The van der Waals surface area contributed by atoms with Crippen LogP contribution < -0.4 is 0 Å². The number of rotatable bonds is 10. The molecular formula is C35H33F5. The van der Waals surface area contributed by atoms with Crippen LogP contribution in [-0.2, 0) is 32.1 Å². The van der Waals surface area contributed by atoms with E-state index in [4.69, 9.17) is 0 Å². The summed E-state index contributed by atoms with van der Waals surface area (Å²) in [5, 5.41) is 0. The number of hydrogen-bond donors (Lipinski definition) is 0. The third-order valence-corrected chi connectivity index (χ3v) is 7.94. The number of unbranched alkanes of at least 4 members (excludes halogenated alkanes) is 2. The Bertz CT molecular complexity index is 1540. The van der Waals surface area contributed by atoms with Crippen molar-refractivity contribution < 1.29 is 22.0 Å². The summed E-state index contributed by atoms with van der Waals surface area (Å²) in [5.41, 5.74) is 3.43. The average Bonchev–Trinajstić information content (AvgIpc) is 3.32. The zero-order valence-corrected chi connectivity index (χ0v) is 22.9. The molecule has 4 aromatic rings. The van der Waals surface area contributed by atoms with Crippen LogP contribution in [-0.4, -0.2) is 0 Å². The van der Waals surface area contributed by atoms with Crippen molar-refractivity contribution in [3.05, 3.63) is 117 Å². The molecule has 0 N–H and O–H groups in total. The monoisotopic (exact) mass is 548 g/mol. The molecule has 0 fully saturated rings. The van der Waals surface area contributed by atoms with Crippen molar-refractivity contribution in [3.63, 3.8) is 0 Å². The summed E-state index contributed by atoms with van der Waals surface area (Å²) in [6.07, 6.45) is 6.78. The molecule has 0 radical (unpaired) electrons. The summed E-state index contributed by atoms with van der Waals surface area (Å²) in [4.78, 5) is 0. The van der Waals surface area contributed by atoms with Crippen molar-refractivity contribution >= 4 is 0 Å². The number of hydrogen-bond acceptors (Lipinski definition) is 0. The van der Waals surface area contributed by atoms with Crippen LogP contribution in [0.15, 0.2) is 54.6 Å². The van der Waals surface area contributed by atoms with Crippen LogP contribution in [0.3, 0.4) is 0 Å². The first kappa shape index (κ1) is 28.1. The van der Waals surface area contributed by atoms with E-state index >= 15 is 17.6 Å². The third-order valence-electron chi connectivity index (χ3n) is 7.94. The highest BCUT2D eigenvalue weighted by molar-refractivity contribution is 5.82. The van der Waals surface area contributed by atoms with Crippen molar-refractivity contribution in [1.82, 2.24) is 0 Å². The van der Waals surface area contributed by atoms with Crippen LogP contribution >= 0.6 is 0 Å². The number of halogens is 5. The molecule has 0 aromatic heterocycles. The lowest BCUT2D eigenvalue weighted by molar-refractivity contribution is 0.496. The van der Waals surface area contributed by atoms with Crippen molar-refractivity contribution in [1.29, 1.82) is 0 Å². The van der Waals surface area contributed by atoms with Crippen molar-refractivity contribution in [3.8, 4) is 22.3 Å². The van der Waals surface area contributed by atoms with Gasteiger partial charge in [-0.2, -0.15) is 0 Å². The molecule has 0 atom stereocenters. The number of fused-ring (bicyclic) bond motifs is 3. The molecule has 1 aliphatic rings. The zero-order valence-electron chi connectivity index (χ0n) is 22.9. The Hall–Kier alpha value is -3.47. The SMILES string of the molecule is CCCCCc1ccc(CCc2cc3c(c(F)c2F)-c2c(cc(-c4ccc(CCC)c(F)c4)c(F)c2F)C3)cc1. The fraction of sp³-hybridized carbons (Fsp3) is 0.314. The maximum absolute atomic E-state index is 15.4. The van der Waals surface area contributed by atoms with E-state index in [0.717, 1.165) is 24.8 Å². The van der Waals surface area contributed by atoms with Crippen LogP contribution in [0.1, 0.15) is 72.9 Å². The third kappa shape index (κ3) is 5.43. The molecule has 0 aliphatic heterocycles. The van der Waals surface area contributed by atoms with Gasteiger partial charge in [0.15, 0.2) is 23.3 Å². The molecular weight excluding hydrogens is 515 g/mol. The summed E-state index contributed by atoms with van der Waals surface area (Å²) in [5.74, 6) is -5.10. The quantitative estimate of drug-likeness (QED) is 0.120. The molecule has 5 heteroatoms. The molecule has 0 unspecified atom stereocenters. The van der Waals surface area contributed by atoms with Gasteiger partial charge in [0.05, 0.1) is 0 Å². The van der Waals surface area contributed by atoms with Gasteiger partial charge in [-0.3, -0.25) is 0 Å². The fourth-order valence-electron chi connectivity index (χ4n) is 5.75. The van der Waals surface area contributed by atoms with Crippen LogP contribution in [0, 0.1) is 29.1 Å². The molecule has 0 nitrogen and oxygen atoms in total. The molecule has 0 spiro atoms. The largest absolute Gasteiger partial charge is 0.207 e. The Balaban J connectivity index is 1.40. The fourth-order valence-corrected chi connectivity index (χ4v) is 5.75.